The first-order valence-electron chi connectivity index (χ1n) is 8.53. The van der Waals surface area contributed by atoms with Gasteiger partial charge in [-0.05, 0) is 55.7 Å². The number of benzene rings is 1. The average molecular weight is 334 g/mol. The lowest BCUT2D eigenvalue weighted by molar-refractivity contribution is 0.0500. The van der Waals surface area contributed by atoms with Gasteiger partial charge >= 0.3 is 5.97 Å². The van der Waals surface area contributed by atoms with Crippen molar-refractivity contribution in [3.63, 3.8) is 0 Å². The van der Waals surface area contributed by atoms with Gasteiger partial charge in [-0.3, -0.25) is 0 Å². The van der Waals surface area contributed by atoms with E-state index in [-0.39, 0.29) is 5.97 Å². The fourth-order valence-electron chi connectivity index (χ4n) is 2.68. The van der Waals surface area contributed by atoms with Crippen molar-refractivity contribution in [2.75, 3.05) is 11.9 Å². The third kappa shape index (κ3) is 6.18. The maximum atomic E-state index is 11.8. The van der Waals surface area contributed by atoms with Gasteiger partial charge in [0.25, 0.3) is 0 Å². The van der Waals surface area contributed by atoms with Crippen molar-refractivity contribution in [1.29, 1.82) is 0 Å². The molecule has 1 aromatic carbocycles. The predicted molar refractivity (Wildman–Crippen MR) is 97.9 cm³/mol. The zero-order valence-corrected chi connectivity index (χ0v) is 14.6. The van der Waals surface area contributed by atoms with E-state index >= 15 is 0 Å². The monoisotopic (exact) mass is 334 g/mol. The summed E-state index contributed by atoms with van der Waals surface area (Å²) < 4.78 is 5.19. The Morgan fingerprint density at radius 2 is 1.91 bits per heavy atom. The number of thiocarbonyl (C=S) groups is 1. The van der Waals surface area contributed by atoms with Gasteiger partial charge in [0.1, 0.15) is 0 Å². The van der Waals surface area contributed by atoms with Crippen LogP contribution in [0.1, 0.15) is 62.2 Å². The van der Waals surface area contributed by atoms with Crippen LogP contribution in [0.5, 0.6) is 0 Å². The summed E-state index contributed by atoms with van der Waals surface area (Å²) in [5.41, 5.74) is 1.45. The van der Waals surface area contributed by atoms with Gasteiger partial charge in [-0.15, -0.1) is 0 Å². The zero-order valence-electron chi connectivity index (χ0n) is 13.8. The minimum atomic E-state index is -0.270. The number of hydrogen-bond donors (Lipinski definition) is 2. The van der Waals surface area contributed by atoms with Gasteiger partial charge in [0, 0.05) is 11.7 Å². The van der Waals surface area contributed by atoms with E-state index in [1.54, 1.807) is 12.1 Å². The van der Waals surface area contributed by atoms with Gasteiger partial charge in [0.05, 0.1) is 12.2 Å². The predicted octanol–water partition coefficient (Wildman–Crippen LogP) is 4.26. The Bertz CT molecular complexity index is 510. The van der Waals surface area contributed by atoms with E-state index in [4.69, 9.17) is 17.0 Å². The Labute approximate surface area is 144 Å². The standard InChI is InChI=1S/C18H26N2O2S/c1-2-3-13-22-17(21)14-9-11-16(12-10-14)20-18(23)19-15-7-5-4-6-8-15/h9-12,15H,2-8,13H2,1H3,(H2,19,20,23). The summed E-state index contributed by atoms with van der Waals surface area (Å²) in [4.78, 5) is 11.8. The molecule has 2 rings (SSSR count). The first-order valence-corrected chi connectivity index (χ1v) is 8.94. The second kappa shape index (κ2) is 9.50. The van der Waals surface area contributed by atoms with Gasteiger partial charge in [-0.1, -0.05) is 32.6 Å². The molecule has 0 aromatic heterocycles. The van der Waals surface area contributed by atoms with E-state index in [0.29, 0.717) is 23.3 Å². The maximum absolute atomic E-state index is 11.8. The number of anilines is 1. The Balaban J connectivity index is 1.79. The van der Waals surface area contributed by atoms with Crippen LogP contribution in [-0.4, -0.2) is 23.7 Å². The van der Waals surface area contributed by atoms with Crippen molar-refractivity contribution in [3.8, 4) is 0 Å². The van der Waals surface area contributed by atoms with E-state index in [0.717, 1.165) is 18.5 Å². The molecule has 0 unspecified atom stereocenters. The number of nitrogens with one attached hydrogen (secondary N) is 2. The summed E-state index contributed by atoms with van der Waals surface area (Å²) in [5, 5.41) is 7.19. The molecule has 1 aliphatic carbocycles. The Kier molecular flexibility index (Phi) is 7.33. The summed E-state index contributed by atoms with van der Waals surface area (Å²) in [6, 6.07) is 7.72. The first kappa shape index (κ1) is 17.7. The zero-order chi connectivity index (χ0) is 16.5. The van der Waals surface area contributed by atoms with Gasteiger partial charge in [0.15, 0.2) is 5.11 Å². The lowest BCUT2D eigenvalue weighted by atomic mass is 9.96. The molecule has 0 radical (unpaired) electrons. The number of esters is 1. The van der Waals surface area contributed by atoms with Crippen molar-refractivity contribution in [1.82, 2.24) is 5.32 Å². The molecule has 0 spiro atoms. The fourth-order valence-corrected chi connectivity index (χ4v) is 2.97. The minimum Gasteiger partial charge on any atom is -0.462 e. The maximum Gasteiger partial charge on any atom is 0.338 e. The lowest BCUT2D eigenvalue weighted by Crippen LogP contribution is -2.38. The Morgan fingerprint density at radius 3 is 2.57 bits per heavy atom. The SMILES string of the molecule is CCCCOC(=O)c1ccc(NC(=S)NC2CCCCC2)cc1. The van der Waals surface area contributed by atoms with Crippen molar-refractivity contribution in [3.05, 3.63) is 29.8 Å². The van der Waals surface area contributed by atoms with Crippen molar-refractivity contribution in [2.45, 2.75) is 57.9 Å². The highest BCUT2D eigenvalue weighted by Crippen LogP contribution is 2.17. The van der Waals surface area contributed by atoms with Crippen molar-refractivity contribution >= 4 is 29.0 Å². The summed E-state index contributed by atoms with van der Waals surface area (Å²) in [5.74, 6) is -0.270. The van der Waals surface area contributed by atoms with Gasteiger partial charge in [-0.2, -0.15) is 0 Å². The Hall–Kier alpha value is -1.62. The second-order valence-electron chi connectivity index (χ2n) is 6.00. The number of hydrogen-bond acceptors (Lipinski definition) is 3. The van der Waals surface area contributed by atoms with Crippen LogP contribution in [0.25, 0.3) is 0 Å². The molecule has 0 saturated heterocycles. The highest BCUT2D eigenvalue weighted by atomic mass is 32.1. The smallest absolute Gasteiger partial charge is 0.338 e. The molecule has 2 N–H and O–H groups in total. The summed E-state index contributed by atoms with van der Waals surface area (Å²) in [6.45, 7) is 2.54. The fraction of sp³-hybridized carbons (Fsp3) is 0.556. The molecule has 1 aliphatic rings. The molecular weight excluding hydrogens is 308 g/mol. The van der Waals surface area contributed by atoms with Gasteiger partial charge < -0.3 is 15.4 Å². The molecule has 1 saturated carbocycles. The molecule has 0 bridgehead atoms. The van der Waals surface area contributed by atoms with Gasteiger partial charge in [0.2, 0.25) is 0 Å². The van der Waals surface area contributed by atoms with Crippen LogP contribution in [0, 0.1) is 0 Å². The molecular formula is C18H26N2O2S. The quantitative estimate of drug-likeness (QED) is 0.462. The molecule has 0 heterocycles. The van der Waals surface area contributed by atoms with E-state index in [1.807, 2.05) is 12.1 Å². The van der Waals surface area contributed by atoms with Gasteiger partial charge in [-0.25, -0.2) is 4.79 Å². The van der Waals surface area contributed by atoms with Crippen LogP contribution in [0.2, 0.25) is 0 Å². The number of carbonyl (C=O) groups excluding carboxylic acids is 1. The average Bonchev–Trinajstić information content (AvgIpc) is 2.56. The van der Waals surface area contributed by atoms with Crippen molar-refractivity contribution in [2.24, 2.45) is 0 Å². The third-order valence-corrected chi connectivity index (χ3v) is 4.27. The topological polar surface area (TPSA) is 50.4 Å². The molecule has 1 fully saturated rings. The van der Waals surface area contributed by atoms with Crippen LogP contribution >= 0.6 is 12.2 Å². The summed E-state index contributed by atoms with van der Waals surface area (Å²) >= 11 is 5.36. The molecule has 4 nitrogen and oxygen atoms in total. The molecule has 23 heavy (non-hydrogen) atoms. The van der Waals surface area contributed by atoms with E-state index < -0.39 is 0 Å². The molecule has 126 valence electrons. The van der Waals surface area contributed by atoms with Crippen LogP contribution < -0.4 is 10.6 Å². The summed E-state index contributed by atoms with van der Waals surface area (Å²) in [7, 11) is 0. The Morgan fingerprint density at radius 1 is 1.22 bits per heavy atom. The largest absolute Gasteiger partial charge is 0.462 e. The normalized spacial score (nSPS) is 15.0. The second-order valence-corrected chi connectivity index (χ2v) is 6.41. The minimum absolute atomic E-state index is 0.270. The highest BCUT2D eigenvalue weighted by molar-refractivity contribution is 7.80. The van der Waals surface area contributed by atoms with Crippen molar-refractivity contribution < 1.29 is 9.53 Å². The summed E-state index contributed by atoms with van der Waals surface area (Å²) in [6.07, 6.45) is 8.15. The highest BCUT2D eigenvalue weighted by Gasteiger charge is 2.14. The van der Waals surface area contributed by atoms with E-state index in [2.05, 4.69) is 17.6 Å². The third-order valence-electron chi connectivity index (χ3n) is 4.05. The number of unbranched alkanes of at least 4 members (excludes halogenated alkanes) is 1. The number of ether oxygens (including phenoxy) is 1. The number of rotatable bonds is 6. The van der Waals surface area contributed by atoms with Crippen LogP contribution in [0.15, 0.2) is 24.3 Å². The van der Waals surface area contributed by atoms with E-state index in [9.17, 15) is 4.79 Å². The molecule has 1 aromatic rings. The van der Waals surface area contributed by atoms with Crippen LogP contribution in [-0.2, 0) is 4.74 Å². The number of carbonyl (C=O) groups is 1. The van der Waals surface area contributed by atoms with Crippen LogP contribution in [0.4, 0.5) is 5.69 Å². The molecule has 5 heteroatoms. The molecule has 0 atom stereocenters. The van der Waals surface area contributed by atoms with Crippen LogP contribution in [0.3, 0.4) is 0 Å². The lowest BCUT2D eigenvalue weighted by Gasteiger charge is -2.24. The first-order chi connectivity index (χ1) is 11.2. The molecule has 0 amide bonds. The molecule has 0 aliphatic heterocycles. The van der Waals surface area contributed by atoms with E-state index in [1.165, 1.54) is 32.1 Å².